The first-order valence-electron chi connectivity index (χ1n) is 5.57. The zero-order chi connectivity index (χ0) is 11.0. The summed E-state index contributed by atoms with van der Waals surface area (Å²) >= 11 is 0. The first kappa shape index (κ1) is 10.2. The maximum atomic E-state index is 4.40. The molecular formula is C13H18N2. The molecule has 0 aliphatic rings. The first-order valence-corrected chi connectivity index (χ1v) is 5.57. The molecule has 0 aliphatic heterocycles. The number of hydrogen-bond acceptors (Lipinski definition) is 1. The molecule has 2 heteroatoms. The minimum atomic E-state index is 0.506. The van der Waals surface area contributed by atoms with Crippen LogP contribution in [0.15, 0.2) is 24.4 Å². The van der Waals surface area contributed by atoms with E-state index in [1.54, 1.807) is 0 Å². The average molecular weight is 202 g/mol. The molecule has 0 fully saturated rings. The number of pyridine rings is 1. The van der Waals surface area contributed by atoms with Crippen LogP contribution in [0.2, 0.25) is 0 Å². The van der Waals surface area contributed by atoms with Crippen LogP contribution in [0.5, 0.6) is 0 Å². The molecule has 2 aromatic heterocycles. The molecule has 0 bridgehead atoms. The quantitative estimate of drug-likeness (QED) is 0.727. The minimum absolute atomic E-state index is 0.506. The summed E-state index contributed by atoms with van der Waals surface area (Å²) in [5.74, 6) is 1.06. The van der Waals surface area contributed by atoms with Crippen LogP contribution in [-0.2, 0) is 0 Å². The number of aromatic nitrogens is 2. The van der Waals surface area contributed by atoms with Crippen molar-refractivity contribution in [2.75, 3.05) is 0 Å². The van der Waals surface area contributed by atoms with Crippen molar-refractivity contribution in [2.24, 2.45) is 0 Å². The Balaban J connectivity index is 2.75. The fourth-order valence-electron chi connectivity index (χ4n) is 2.09. The fourth-order valence-corrected chi connectivity index (χ4v) is 2.09. The predicted molar refractivity (Wildman–Crippen MR) is 63.4 cm³/mol. The standard InChI is InChI=1S/C13H18N2/c1-9(2)12-6-5-11-7-8-14-15(11)13(12)10(3)4/h5-10H,1-4H3. The number of fused-ring (bicyclic) bond motifs is 1. The van der Waals surface area contributed by atoms with Gasteiger partial charge in [0.05, 0.1) is 5.52 Å². The van der Waals surface area contributed by atoms with Crippen molar-refractivity contribution in [3.8, 4) is 0 Å². The van der Waals surface area contributed by atoms with Crippen LogP contribution in [0, 0.1) is 0 Å². The maximum absolute atomic E-state index is 4.40. The van der Waals surface area contributed by atoms with Gasteiger partial charge in [-0.1, -0.05) is 33.8 Å². The summed E-state index contributed by atoms with van der Waals surface area (Å²) in [5, 5.41) is 4.40. The van der Waals surface area contributed by atoms with Gasteiger partial charge in [-0.2, -0.15) is 5.10 Å². The van der Waals surface area contributed by atoms with E-state index in [1.165, 1.54) is 16.8 Å². The summed E-state index contributed by atoms with van der Waals surface area (Å²) in [7, 11) is 0. The zero-order valence-corrected chi connectivity index (χ0v) is 9.86. The SMILES string of the molecule is CC(C)c1ccc2ccnn2c1C(C)C. The van der Waals surface area contributed by atoms with Crippen LogP contribution in [-0.4, -0.2) is 9.61 Å². The Hall–Kier alpha value is -1.31. The topological polar surface area (TPSA) is 17.3 Å². The maximum Gasteiger partial charge on any atom is 0.0665 e. The normalized spacial score (nSPS) is 11.9. The molecule has 0 saturated heterocycles. The largest absolute Gasteiger partial charge is 0.237 e. The molecule has 0 unspecified atom stereocenters. The lowest BCUT2D eigenvalue weighted by Crippen LogP contribution is -2.06. The highest BCUT2D eigenvalue weighted by Crippen LogP contribution is 2.26. The van der Waals surface area contributed by atoms with Crippen LogP contribution in [0.4, 0.5) is 0 Å². The van der Waals surface area contributed by atoms with Crippen LogP contribution in [0.25, 0.3) is 5.52 Å². The molecule has 2 rings (SSSR count). The average Bonchev–Trinajstić information content (AvgIpc) is 2.62. The molecule has 2 aromatic rings. The van der Waals surface area contributed by atoms with Gasteiger partial charge in [-0.15, -0.1) is 0 Å². The summed E-state index contributed by atoms with van der Waals surface area (Å²) in [5.41, 5.74) is 3.93. The summed E-state index contributed by atoms with van der Waals surface area (Å²) in [6.45, 7) is 8.91. The Labute approximate surface area is 90.9 Å². The lowest BCUT2D eigenvalue weighted by Gasteiger charge is -2.17. The van der Waals surface area contributed by atoms with Crippen LogP contribution in [0.1, 0.15) is 50.8 Å². The number of rotatable bonds is 2. The second-order valence-electron chi connectivity index (χ2n) is 4.65. The molecule has 2 heterocycles. The van der Waals surface area contributed by atoms with Gasteiger partial charge in [-0.25, -0.2) is 4.52 Å². The molecule has 0 radical (unpaired) electrons. The second-order valence-corrected chi connectivity index (χ2v) is 4.65. The number of nitrogens with zero attached hydrogens (tertiary/aromatic N) is 2. The summed E-state index contributed by atoms with van der Waals surface area (Å²) in [6, 6.07) is 6.43. The minimum Gasteiger partial charge on any atom is -0.237 e. The molecule has 0 aromatic carbocycles. The van der Waals surface area contributed by atoms with Crippen molar-refractivity contribution >= 4 is 5.52 Å². The van der Waals surface area contributed by atoms with Crippen molar-refractivity contribution in [2.45, 2.75) is 39.5 Å². The van der Waals surface area contributed by atoms with Crippen molar-refractivity contribution in [3.05, 3.63) is 35.7 Å². The van der Waals surface area contributed by atoms with Crippen LogP contribution >= 0.6 is 0 Å². The Morgan fingerprint density at radius 2 is 1.73 bits per heavy atom. The predicted octanol–water partition coefficient (Wildman–Crippen LogP) is 3.58. The third kappa shape index (κ3) is 1.65. The molecule has 2 nitrogen and oxygen atoms in total. The van der Waals surface area contributed by atoms with Gasteiger partial charge in [-0.05, 0) is 29.5 Å². The molecule has 0 spiro atoms. The third-order valence-electron chi connectivity index (χ3n) is 2.80. The first-order chi connectivity index (χ1) is 7.11. The highest BCUT2D eigenvalue weighted by molar-refractivity contribution is 5.49. The Morgan fingerprint density at radius 1 is 1.00 bits per heavy atom. The molecule has 0 amide bonds. The molecular weight excluding hydrogens is 184 g/mol. The molecule has 0 aliphatic carbocycles. The van der Waals surface area contributed by atoms with E-state index in [0.717, 1.165) is 0 Å². The van der Waals surface area contributed by atoms with E-state index in [2.05, 4.69) is 55.5 Å². The van der Waals surface area contributed by atoms with E-state index in [1.807, 2.05) is 6.20 Å². The van der Waals surface area contributed by atoms with Gasteiger partial charge in [0.25, 0.3) is 0 Å². The van der Waals surface area contributed by atoms with E-state index in [4.69, 9.17) is 0 Å². The Morgan fingerprint density at radius 3 is 2.33 bits per heavy atom. The van der Waals surface area contributed by atoms with Gasteiger partial charge in [-0.3, -0.25) is 0 Å². The van der Waals surface area contributed by atoms with Crippen molar-refractivity contribution < 1.29 is 0 Å². The molecule has 0 saturated carbocycles. The highest BCUT2D eigenvalue weighted by atomic mass is 15.2. The van der Waals surface area contributed by atoms with Crippen LogP contribution < -0.4 is 0 Å². The van der Waals surface area contributed by atoms with E-state index >= 15 is 0 Å². The molecule has 15 heavy (non-hydrogen) atoms. The van der Waals surface area contributed by atoms with E-state index in [9.17, 15) is 0 Å². The zero-order valence-electron chi connectivity index (χ0n) is 9.86. The third-order valence-corrected chi connectivity index (χ3v) is 2.80. The summed E-state index contributed by atoms with van der Waals surface area (Å²) in [4.78, 5) is 0. The van der Waals surface area contributed by atoms with E-state index < -0.39 is 0 Å². The van der Waals surface area contributed by atoms with Crippen molar-refractivity contribution in [1.82, 2.24) is 9.61 Å². The lowest BCUT2D eigenvalue weighted by molar-refractivity contribution is 0.712. The van der Waals surface area contributed by atoms with Crippen molar-refractivity contribution in [3.63, 3.8) is 0 Å². The lowest BCUT2D eigenvalue weighted by atomic mass is 9.95. The van der Waals surface area contributed by atoms with Crippen molar-refractivity contribution in [1.29, 1.82) is 0 Å². The fraction of sp³-hybridized carbons (Fsp3) is 0.462. The van der Waals surface area contributed by atoms with Gasteiger partial charge in [0.15, 0.2) is 0 Å². The smallest absolute Gasteiger partial charge is 0.0665 e. The van der Waals surface area contributed by atoms with Gasteiger partial charge in [0.1, 0.15) is 0 Å². The molecule has 0 N–H and O–H groups in total. The molecule has 0 atom stereocenters. The Kier molecular flexibility index (Phi) is 2.51. The highest BCUT2D eigenvalue weighted by Gasteiger charge is 2.13. The monoisotopic (exact) mass is 202 g/mol. The Bertz CT molecular complexity index is 466. The van der Waals surface area contributed by atoms with Gasteiger partial charge in [0.2, 0.25) is 0 Å². The summed E-state index contributed by atoms with van der Waals surface area (Å²) < 4.78 is 2.07. The van der Waals surface area contributed by atoms with Gasteiger partial charge < -0.3 is 0 Å². The summed E-state index contributed by atoms with van der Waals surface area (Å²) in [6.07, 6.45) is 1.87. The number of hydrogen-bond donors (Lipinski definition) is 0. The second kappa shape index (κ2) is 3.69. The van der Waals surface area contributed by atoms with E-state index in [0.29, 0.717) is 11.8 Å². The van der Waals surface area contributed by atoms with Gasteiger partial charge in [0, 0.05) is 11.9 Å². The van der Waals surface area contributed by atoms with Crippen LogP contribution in [0.3, 0.4) is 0 Å². The van der Waals surface area contributed by atoms with Gasteiger partial charge >= 0.3 is 0 Å². The van der Waals surface area contributed by atoms with E-state index in [-0.39, 0.29) is 0 Å². The molecule has 80 valence electrons.